The molecule has 0 N–H and O–H groups in total. The molecule has 0 aliphatic heterocycles. The SMILES string of the molecule is C1=CC2=CC3=C2C1=CC3. The maximum absolute atomic E-state index is 2.30. The summed E-state index contributed by atoms with van der Waals surface area (Å²) in [7, 11) is 0. The topological polar surface area (TPSA) is 0 Å². The molecule has 0 radical (unpaired) electrons. The first-order chi connectivity index (χ1) is 4.45. The molecule has 0 heteroatoms. The monoisotopic (exact) mass is 114 g/mol. The van der Waals surface area contributed by atoms with Crippen LogP contribution in [0.25, 0.3) is 0 Å². The van der Waals surface area contributed by atoms with Crippen LogP contribution in [-0.4, -0.2) is 0 Å². The smallest absolute Gasteiger partial charge is 0.00789 e. The van der Waals surface area contributed by atoms with Gasteiger partial charge in [-0.05, 0) is 28.7 Å². The second-order valence-electron chi connectivity index (χ2n) is 2.70. The number of hydrogen-bond donors (Lipinski definition) is 0. The molecule has 0 spiro atoms. The minimum Gasteiger partial charge on any atom is -0.0722 e. The molecule has 42 valence electrons. The molecule has 9 heavy (non-hydrogen) atoms. The molecule has 0 aromatic carbocycles. The summed E-state index contributed by atoms with van der Waals surface area (Å²) in [6.07, 6.45) is 10.2. The van der Waals surface area contributed by atoms with Crippen LogP contribution in [0.3, 0.4) is 0 Å². The van der Waals surface area contributed by atoms with E-state index in [2.05, 4.69) is 24.3 Å². The molecule has 0 atom stereocenters. The Morgan fingerprint density at radius 2 is 2.00 bits per heavy atom. The summed E-state index contributed by atoms with van der Waals surface area (Å²) in [5.74, 6) is 0. The highest BCUT2D eigenvalue weighted by atomic mass is 14.3. The van der Waals surface area contributed by atoms with Crippen molar-refractivity contribution in [2.24, 2.45) is 0 Å². The third-order valence-corrected chi connectivity index (χ3v) is 2.21. The fraction of sp³-hybridized carbons (Fsp3) is 0.111. The zero-order valence-corrected chi connectivity index (χ0v) is 5.02. The predicted octanol–water partition coefficient (Wildman–Crippen LogP) is 2.12. The summed E-state index contributed by atoms with van der Waals surface area (Å²) in [6.45, 7) is 0. The van der Waals surface area contributed by atoms with Crippen molar-refractivity contribution in [1.29, 1.82) is 0 Å². The third-order valence-electron chi connectivity index (χ3n) is 2.21. The Morgan fingerprint density at radius 3 is 2.89 bits per heavy atom. The van der Waals surface area contributed by atoms with E-state index in [1.165, 1.54) is 23.1 Å². The van der Waals surface area contributed by atoms with E-state index in [0.717, 1.165) is 0 Å². The summed E-state index contributed by atoms with van der Waals surface area (Å²) in [4.78, 5) is 0. The highest BCUT2D eigenvalue weighted by Gasteiger charge is 2.27. The van der Waals surface area contributed by atoms with Gasteiger partial charge in [-0.25, -0.2) is 0 Å². The van der Waals surface area contributed by atoms with E-state index < -0.39 is 0 Å². The fourth-order valence-electron chi connectivity index (χ4n) is 1.74. The van der Waals surface area contributed by atoms with Crippen LogP contribution < -0.4 is 0 Å². The normalized spacial score (nSPS) is 25.8. The van der Waals surface area contributed by atoms with Gasteiger partial charge in [0.25, 0.3) is 0 Å². The average molecular weight is 114 g/mol. The zero-order chi connectivity index (χ0) is 5.84. The van der Waals surface area contributed by atoms with Crippen molar-refractivity contribution in [3.63, 3.8) is 0 Å². The van der Waals surface area contributed by atoms with Crippen molar-refractivity contribution in [1.82, 2.24) is 0 Å². The van der Waals surface area contributed by atoms with Crippen LogP contribution in [0.15, 0.2) is 46.6 Å². The molecule has 0 heterocycles. The summed E-state index contributed by atoms with van der Waals surface area (Å²) >= 11 is 0. The lowest BCUT2D eigenvalue weighted by atomic mass is 9.92. The van der Waals surface area contributed by atoms with Gasteiger partial charge in [0.05, 0.1) is 0 Å². The number of allylic oxidation sites excluding steroid dienone is 8. The van der Waals surface area contributed by atoms with Crippen LogP contribution in [0, 0.1) is 0 Å². The second kappa shape index (κ2) is 0.971. The minimum atomic E-state index is 1.18. The van der Waals surface area contributed by atoms with Gasteiger partial charge in [0.15, 0.2) is 0 Å². The van der Waals surface area contributed by atoms with Crippen molar-refractivity contribution in [2.45, 2.75) is 6.42 Å². The Bertz CT molecular complexity index is 299. The lowest BCUT2D eigenvalue weighted by Crippen LogP contribution is -1.94. The molecule has 3 aliphatic rings. The Hall–Kier alpha value is -1.04. The molecular formula is C9H6. The van der Waals surface area contributed by atoms with E-state index in [9.17, 15) is 0 Å². The molecule has 0 bridgehead atoms. The molecule has 0 aromatic rings. The van der Waals surface area contributed by atoms with Gasteiger partial charge in [0.1, 0.15) is 0 Å². The van der Waals surface area contributed by atoms with Crippen LogP contribution in [0.2, 0.25) is 0 Å². The lowest BCUT2D eigenvalue weighted by Gasteiger charge is -2.11. The number of hydrogen-bond acceptors (Lipinski definition) is 0. The maximum Gasteiger partial charge on any atom is -0.00789 e. The van der Waals surface area contributed by atoms with E-state index in [1.807, 2.05) is 0 Å². The highest BCUT2D eigenvalue weighted by molar-refractivity contribution is 5.76. The fourth-order valence-corrected chi connectivity index (χ4v) is 1.74. The van der Waals surface area contributed by atoms with E-state index in [-0.39, 0.29) is 0 Å². The third kappa shape index (κ3) is 0.275. The predicted molar refractivity (Wildman–Crippen MR) is 36.9 cm³/mol. The summed E-state index contributed by atoms with van der Waals surface area (Å²) in [5, 5.41) is 0. The molecule has 0 saturated heterocycles. The van der Waals surface area contributed by atoms with Gasteiger partial charge < -0.3 is 0 Å². The van der Waals surface area contributed by atoms with Crippen LogP contribution in [0.1, 0.15) is 6.42 Å². The first-order valence-corrected chi connectivity index (χ1v) is 3.29. The van der Waals surface area contributed by atoms with Crippen molar-refractivity contribution in [3.8, 4) is 0 Å². The quantitative estimate of drug-likeness (QED) is 0.452. The second-order valence-corrected chi connectivity index (χ2v) is 2.70. The largest absolute Gasteiger partial charge is 0.0722 e. The van der Waals surface area contributed by atoms with Crippen LogP contribution in [-0.2, 0) is 0 Å². The molecule has 0 saturated carbocycles. The van der Waals surface area contributed by atoms with Gasteiger partial charge in [-0.2, -0.15) is 0 Å². The summed E-state index contributed by atoms with van der Waals surface area (Å²) in [6, 6.07) is 0. The molecule has 0 unspecified atom stereocenters. The van der Waals surface area contributed by atoms with E-state index >= 15 is 0 Å². The number of rotatable bonds is 0. The Labute approximate surface area is 53.9 Å². The maximum atomic E-state index is 2.30. The van der Waals surface area contributed by atoms with Crippen molar-refractivity contribution in [2.75, 3.05) is 0 Å². The first kappa shape index (κ1) is 3.89. The van der Waals surface area contributed by atoms with Crippen LogP contribution >= 0.6 is 0 Å². The van der Waals surface area contributed by atoms with Gasteiger partial charge >= 0.3 is 0 Å². The molecule has 3 aliphatic carbocycles. The van der Waals surface area contributed by atoms with Crippen molar-refractivity contribution in [3.05, 3.63) is 46.6 Å². The molecule has 0 amide bonds. The van der Waals surface area contributed by atoms with Gasteiger partial charge in [-0.3, -0.25) is 0 Å². The lowest BCUT2D eigenvalue weighted by molar-refractivity contribution is 1.25. The first-order valence-electron chi connectivity index (χ1n) is 3.29. The Kier molecular flexibility index (Phi) is 0.419. The highest BCUT2D eigenvalue weighted by Crippen LogP contribution is 2.45. The van der Waals surface area contributed by atoms with Gasteiger partial charge in [0.2, 0.25) is 0 Å². The van der Waals surface area contributed by atoms with E-state index in [1.54, 1.807) is 5.57 Å². The average Bonchev–Trinajstić information content (AvgIpc) is 2.13. The molecule has 0 aromatic heterocycles. The molecular weight excluding hydrogens is 108 g/mol. The van der Waals surface area contributed by atoms with Crippen LogP contribution in [0.5, 0.6) is 0 Å². The molecule has 3 rings (SSSR count). The Balaban J connectivity index is 2.37. The minimum absolute atomic E-state index is 1.18. The van der Waals surface area contributed by atoms with Crippen molar-refractivity contribution < 1.29 is 0 Å². The van der Waals surface area contributed by atoms with Gasteiger partial charge in [0, 0.05) is 0 Å². The van der Waals surface area contributed by atoms with Gasteiger partial charge in [-0.15, -0.1) is 0 Å². The van der Waals surface area contributed by atoms with E-state index in [0.29, 0.717) is 0 Å². The standard InChI is InChI=1S/C9H6/c1-3-7-5-8-4-2-6(1)9(7)8/h1-3,5H,4H2. The Morgan fingerprint density at radius 1 is 1.11 bits per heavy atom. The van der Waals surface area contributed by atoms with E-state index in [4.69, 9.17) is 0 Å². The van der Waals surface area contributed by atoms with Crippen molar-refractivity contribution >= 4 is 0 Å². The molecule has 0 fully saturated rings. The summed E-state index contributed by atoms with van der Waals surface area (Å²) in [5.41, 5.74) is 6.00. The zero-order valence-electron chi connectivity index (χ0n) is 5.02. The van der Waals surface area contributed by atoms with Gasteiger partial charge in [-0.1, -0.05) is 24.3 Å². The van der Waals surface area contributed by atoms with Crippen LogP contribution in [0.4, 0.5) is 0 Å². The molecule has 0 nitrogen and oxygen atoms in total. The summed E-state index contributed by atoms with van der Waals surface area (Å²) < 4.78 is 0.